The zero-order chi connectivity index (χ0) is 12.4. The van der Waals surface area contributed by atoms with Crippen molar-refractivity contribution in [3.63, 3.8) is 0 Å². The molecule has 0 saturated heterocycles. The molecule has 0 aromatic heterocycles. The summed E-state index contributed by atoms with van der Waals surface area (Å²) in [5, 5.41) is 11.9. The number of oxime groups is 1. The van der Waals surface area contributed by atoms with Crippen LogP contribution in [0.5, 0.6) is 0 Å². The lowest BCUT2D eigenvalue weighted by Gasteiger charge is -2.37. The molecule has 3 N–H and O–H groups in total. The lowest BCUT2D eigenvalue weighted by Crippen LogP contribution is -2.38. The van der Waals surface area contributed by atoms with Gasteiger partial charge in [-0.15, -0.1) is 0 Å². The van der Waals surface area contributed by atoms with Crippen LogP contribution in [0.15, 0.2) is 27.8 Å². The number of benzene rings is 1. The first-order chi connectivity index (χ1) is 8.13. The summed E-state index contributed by atoms with van der Waals surface area (Å²) < 4.78 is 0.994. The van der Waals surface area contributed by atoms with Gasteiger partial charge in [0.1, 0.15) is 0 Å². The summed E-state index contributed by atoms with van der Waals surface area (Å²) >= 11 is 3.45. The molecule has 0 amide bonds. The fourth-order valence-corrected chi connectivity index (χ4v) is 2.39. The highest BCUT2D eigenvalue weighted by molar-refractivity contribution is 9.10. The van der Waals surface area contributed by atoms with E-state index >= 15 is 0 Å². The Bertz CT molecular complexity index is 443. The van der Waals surface area contributed by atoms with E-state index in [9.17, 15) is 0 Å². The molecular weight excluding hydrogens is 282 g/mol. The van der Waals surface area contributed by atoms with E-state index in [1.54, 1.807) is 0 Å². The van der Waals surface area contributed by atoms with Crippen LogP contribution in [0.1, 0.15) is 24.8 Å². The molecule has 5 heteroatoms. The van der Waals surface area contributed by atoms with Crippen LogP contribution < -0.4 is 10.6 Å². The average molecular weight is 298 g/mol. The zero-order valence-corrected chi connectivity index (χ0v) is 11.3. The summed E-state index contributed by atoms with van der Waals surface area (Å²) in [6.07, 6.45) is 3.69. The maximum absolute atomic E-state index is 8.81. The van der Waals surface area contributed by atoms with E-state index in [1.807, 2.05) is 18.2 Å². The second kappa shape index (κ2) is 4.96. The number of halogens is 1. The molecule has 4 nitrogen and oxygen atoms in total. The summed E-state index contributed by atoms with van der Waals surface area (Å²) in [6.45, 7) is 0. The van der Waals surface area contributed by atoms with Crippen molar-refractivity contribution in [2.45, 2.75) is 25.3 Å². The Kier molecular flexibility index (Phi) is 3.57. The van der Waals surface area contributed by atoms with E-state index in [2.05, 4.69) is 33.0 Å². The molecule has 1 saturated carbocycles. The molecule has 0 heterocycles. The molecule has 1 aliphatic rings. The third-order valence-electron chi connectivity index (χ3n) is 3.35. The van der Waals surface area contributed by atoms with Crippen molar-refractivity contribution in [1.29, 1.82) is 0 Å². The van der Waals surface area contributed by atoms with Gasteiger partial charge in [-0.1, -0.05) is 21.1 Å². The number of nitrogens with zero attached hydrogens (tertiary/aromatic N) is 2. The number of rotatable bonds is 3. The van der Waals surface area contributed by atoms with E-state index in [1.165, 1.54) is 19.3 Å². The third kappa shape index (κ3) is 2.39. The van der Waals surface area contributed by atoms with Gasteiger partial charge in [-0.3, -0.25) is 0 Å². The van der Waals surface area contributed by atoms with Crippen molar-refractivity contribution in [3.05, 3.63) is 28.2 Å². The van der Waals surface area contributed by atoms with Gasteiger partial charge in [-0.05, 0) is 37.5 Å². The standard InChI is InChI=1S/C12H16BrN3O/c1-16(9-3-2-4-9)11-7-8(13)5-6-10(11)12(14)15-17/h5-7,9,17H,2-4H2,1H3,(H2,14,15). The molecule has 0 spiro atoms. The van der Waals surface area contributed by atoms with Gasteiger partial charge in [0, 0.05) is 28.8 Å². The Morgan fingerprint density at radius 3 is 2.76 bits per heavy atom. The van der Waals surface area contributed by atoms with Gasteiger partial charge in [0.15, 0.2) is 5.84 Å². The van der Waals surface area contributed by atoms with Crippen molar-refractivity contribution >= 4 is 27.5 Å². The molecule has 0 atom stereocenters. The number of nitrogens with two attached hydrogens (primary N) is 1. The smallest absolute Gasteiger partial charge is 0.172 e. The van der Waals surface area contributed by atoms with Crippen LogP contribution >= 0.6 is 15.9 Å². The van der Waals surface area contributed by atoms with Gasteiger partial charge in [0.25, 0.3) is 0 Å². The number of amidine groups is 1. The van der Waals surface area contributed by atoms with Crippen LogP contribution in [0.25, 0.3) is 0 Å². The van der Waals surface area contributed by atoms with Crippen LogP contribution in [-0.2, 0) is 0 Å². The number of hydrogen-bond acceptors (Lipinski definition) is 3. The normalized spacial score (nSPS) is 16.7. The molecule has 0 aliphatic heterocycles. The van der Waals surface area contributed by atoms with Gasteiger partial charge in [-0.2, -0.15) is 0 Å². The predicted molar refractivity (Wildman–Crippen MR) is 72.7 cm³/mol. The molecular formula is C12H16BrN3O. The fraction of sp³-hybridized carbons (Fsp3) is 0.417. The minimum Gasteiger partial charge on any atom is -0.409 e. The largest absolute Gasteiger partial charge is 0.409 e. The third-order valence-corrected chi connectivity index (χ3v) is 3.84. The molecule has 0 bridgehead atoms. The van der Waals surface area contributed by atoms with E-state index in [0.29, 0.717) is 6.04 Å². The molecule has 0 radical (unpaired) electrons. The zero-order valence-electron chi connectivity index (χ0n) is 9.73. The van der Waals surface area contributed by atoms with E-state index in [0.717, 1.165) is 15.7 Å². The number of anilines is 1. The fourth-order valence-electron chi connectivity index (χ4n) is 2.04. The highest BCUT2D eigenvalue weighted by Crippen LogP contribution is 2.32. The van der Waals surface area contributed by atoms with E-state index in [4.69, 9.17) is 10.9 Å². The molecule has 2 rings (SSSR count). The van der Waals surface area contributed by atoms with Crippen LogP contribution in [0.3, 0.4) is 0 Å². The quantitative estimate of drug-likeness (QED) is 0.390. The van der Waals surface area contributed by atoms with Gasteiger partial charge >= 0.3 is 0 Å². The van der Waals surface area contributed by atoms with Crippen LogP contribution in [0.4, 0.5) is 5.69 Å². The van der Waals surface area contributed by atoms with E-state index in [-0.39, 0.29) is 5.84 Å². The maximum Gasteiger partial charge on any atom is 0.172 e. The molecule has 92 valence electrons. The summed E-state index contributed by atoms with van der Waals surface area (Å²) in [5.74, 6) is 0.152. The Morgan fingerprint density at radius 1 is 1.53 bits per heavy atom. The SMILES string of the molecule is CN(c1cc(Br)ccc1/C(N)=N/O)C1CCC1. The minimum atomic E-state index is 0.152. The van der Waals surface area contributed by atoms with Gasteiger partial charge < -0.3 is 15.8 Å². The van der Waals surface area contributed by atoms with Crippen molar-refractivity contribution in [2.24, 2.45) is 10.9 Å². The molecule has 1 aromatic rings. The predicted octanol–water partition coefficient (Wildman–Crippen LogP) is 2.53. The second-order valence-corrected chi connectivity index (χ2v) is 5.26. The van der Waals surface area contributed by atoms with Crippen molar-refractivity contribution in [2.75, 3.05) is 11.9 Å². The lowest BCUT2D eigenvalue weighted by atomic mass is 9.91. The Morgan fingerprint density at radius 2 is 2.24 bits per heavy atom. The van der Waals surface area contributed by atoms with Crippen molar-refractivity contribution in [1.82, 2.24) is 0 Å². The van der Waals surface area contributed by atoms with Crippen molar-refractivity contribution in [3.8, 4) is 0 Å². The van der Waals surface area contributed by atoms with Gasteiger partial charge in [0.05, 0.1) is 0 Å². The Hall–Kier alpha value is -1.23. The lowest BCUT2D eigenvalue weighted by molar-refractivity contribution is 0.318. The van der Waals surface area contributed by atoms with Crippen LogP contribution in [0.2, 0.25) is 0 Å². The monoisotopic (exact) mass is 297 g/mol. The van der Waals surface area contributed by atoms with Crippen molar-refractivity contribution < 1.29 is 5.21 Å². The Labute approximate surface area is 109 Å². The first kappa shape index (κ1) is 12.2. The molecule has 1 fully saturated rings. The highest BCUT2D eigenvalue weighted by Gasteiger charge is 2.24. The summed E-state index contributed by atoms with van der Waals surface area (Å²) in [5.41, 5.74) is 7.47. The molecule has 1 aromatic carbocycles. The summed E-state index contributed by atoms with van der Waals surface area (Å²) in [4.78, 5) is 2.21. The second-order valence-electron chi connectivity index (χ2n) is 4.34. The Balaban J connectivity index is 2.38. The number of hydrogen-bond donors (Lipinski definition) is 2. The topological polar surface area (TPSA) is 61.8 Å². The maximum atomic E-state index is 8.81. The first-order valence-corrected chi connectivity index (χ1v) is 6.43. The van der Waals surface area contributed by atoms with Gasteiger partial charge in [-0.25, -0.2) is 0 Å². The van der Waals surface area contributed by atoms with Crippen LogP contribution in [0, 0.1) is 0 Å². The average Bonchev–Trinajstić information content (AvgIpc) is 2.25. The van der Waals surface area contributed by atoms with Gasteiger partial charge in [0.2, 0.25) is 0 Å². The van der Waals surface area contributed by atoms with E-state index < -0.39 is 0 Å². The molecule has 17 heavy (non-hydrogen) atoms. The summed E-state index contributed by atoms with van der Waals surface area (Å²) in [6, 6.07) is 6.33. The molecule has 0 unspecified atom stereocenters. The van der Waals surface area contributed by atoms with Crippen LogP contribution in [-0.4, -0.2) is 24.1 Å². The summed E-state index contributed by atoms with van der Waals surface area (Å²) in [7, 11) is 2.06. The first-order valence-electron chi connectivity index (χ1n) is 5.63. The molecule has 1 aliphatic carbocycles. The minimum absolute atomic E-state index is 0.152. The highest BCUT2D eigenvalue weighted by atomic mass is 79.9.